The topological polar surface area (TPSA) is 296 Å². The van der Waals surface area contributed by atoms with Gasteiger partial charge in [-0.2, -0.15) is 0 Å². The maximum absolute atomic E-state index is 11.7. The van der Waals surface area contributed by atoms with Crippen molar-refractivity contribution in [2.45, 2.75) is 36.6 Å². The number of nitrogens with two attached hydrogens (primary N) is 2. The van der Waals surface area contributed by atoms with Crippen molar-refractivity contribution in [2.75, 3.05) is 13.1 Å². The van der Waals surface area contributed by atoms with Gasteiger partial charge < -0.3 is 41.8 Å². The molecule has 322 valence electrons. The van der Waals surface area contributed by atoms with Gasteiger partial charge in [0.15, 0.2) is 0 Å². The Morgan fingerprint density at radius 2 is 1.05 bits per heavy atom. The molecule has 2 aliphatic rings. The molecule has 10 N–H and O–H groups in total. The molecule has 0 aromatic heterocycles. The van der Waals surface area contributed by atoms with E-state index in [0.29, 0.717) is 45.5 Å². The van der Waals surface area contributed by atoms with Gasteiger partial charge in [-0.1, -0.05) is 60.3 Å². The molecule has 3 atom stereocenters. The molecule has 2 saturated heterocycles. The van der Waals surface area contributed by atoms with E-state index in [1.54, 1.807) is 91.0 Å². The summed E-state index contributed by atoms with van der Waals surface area (Å²) in [5.41, 5.74) is 13.5. The van der Waals surface area contributed by atoms with Crippen molar-refractivity contribution in [3.05, 3.63) is 124 Å². The fraction of sp³-hybridized carbons (Fsp3) is 0.190. The molecule has 6 amide bonds. The second-order valence-corrected chi connectivity index (χ2v) is 15.6. The summed E-state index contributed by atoms with van der Waals surface area (Å²) >= 11 is 1.84. The van der Waals surface area contributed by atoms with Crippen LogP contribution in [0.2, 0.25) is 0 Å². The van der Waals surface area contributed by atoms with E-state index in [9.17, 15) is 48.6 Å². The number of carbonyl (C=O) groups is 8. The molecular weight excluding hydrogens is 845 g/mol. The molecule has 2 aliphatic heterocycles. The number of carbonyl (C=O) groups excluding carboxylic acids is 6. The molecule has 62 heavy (non-hydrogen) atoms. The minimum Gasteiger partial charge on any atom is -0.480 e. The lowest BCUT2D eigenvalue weighted by Gasteiger charge is -2.14. The fourth-order valence-corrected chi connectivity index (χ4v) is 7.22. The van der Waals surface area contributed by atoms with Crippen LogP contribution in [0.3, 0.4) is 0 Å². The van der Waals surface area contributed by atoms with E-state index in [0.717, 1.165) is 34.7 Å². The van der Waals surface area contributed by atoms with E-state index in [2.05, 4.69) is 21.3 Å². The van der Waals surface area contributed by atoms with Crippen molar-refractivity contribution in [3.63, 3.8) is 0 Å². The number of aliphatic carboxylic acids is 2. The fourth-order valence-electron chi connectivity index (χ4n) is 5.68. The third-order valence-corrected chi connectivity index (χ3v) is 10.6. The molecule has 0 bridgehead atoms. The van der Waals surface area contributed by atoms with E-state index >= 15 is 0 Å². The zero-order valence-corrected chi connectivity index (χ0v) is 34.2. The summed E-state index contributed by atoms with van der Waals surface area (Å²) in [5.74, 6) is -1.78. The number of carboxylic acid groups (broad SMARTS) is 2. The molecule has 4 aromatic rings. The summed E-state index contributed by atoms with van der Waals surface area (Å²) in [5, 5.41) is 26.5. The minimum atomic E-state index is -1.14. The van der Waals surface area contributed by atoms with Crippen molar-refractivity contribution in [1.29, 1.82) is 0 Å². The summed E-state index contributed by atoms with van der Waals surface area (Å²) in [4.78, 5) is 91.4. The summed E-state index contributed by atoms with van der Waals surface area (Å²) in [7, 11) is 0. The molecule has 0 saturated carbocycles. The van der Waals surface area contributed by atoms with Crippen LogP contribution in [0.25, 0.3) is 6.08 Å². The first-order valence-electron chi connectivity index (χ1n) is 18.6. The SMILES string of the molecule is NCC(=O)NC(Cc1ccc(Oc2ccc(C=C3SC(=O)NC3=O)cc2)cc1)C(=O)O.NCC(=O)NC(Cc1ccc(Oc2ccc(CC3SC(=O)NC3=O)cc2)cc1)C(=O)O. The molecule has 18 nitrogen and oxygen atoms in total. The average molecular weight is 885 g/mol. The Kier molecular flexibility index (Phi) is 16.4. The van der Waals surface area contributed by atoms with Crippen LogP contribution in [-0.4, -0.2) is 86.7 Å². The lowest BCUT2D eigenvalue weighted by molar-refractivity contribution is -0.142. The highest BCUT2D eigenvalue weighted by atomic mass is 32.2. The molecule has 2 fully saturated rings. The Morgan fingerprint density at radius 3 is 1.40 bits per heavy atom. The van der Waals surface area contributed by atoms with Crippen molar-refractivity contribution in [2.24, 2.45) is 11.5 Å². The summed E-state index contributed by atoms with van der Waals surface area (Å²) < 4.78 is 11.6. The first-order valence-corrected chi connectivity index (χ1v) is 20.3. The molecule has 2 heterocycles. The number of ether oxygens (including phenoxy) is 2. The van der Waals surface area contributed by atoms with Crippen LogP contribution in [-0.2, 0) is 48.0 Å². The van der Waals surface area contributed by atoms with Crippen LogP contribution in [0.4, 0.5) is 9.59 Å². The number of carboxylic acids is 2. The van der Waals surface area contributed by atoms with Gasteiger partial charge in [0.2, 0.25) is 17.7 Å². The zero-order chi connectivity index (χ0) is 44.8. The number of benzene rings is 4. The summed E-state index contributed by atoms with van der Waals surface area (Å²) in [6.45, 7) is -0.559. The van der Waals surface area contributed by atoms with E-state index in [1.807, 2.05) is 12.1 Å². The standard InChI is InChI=1S/C21H21N3O6S.C21H19N3O6S/c2*22-11-18(25)23-16(20(27)28)9-12-1-5-14(6-2-12)30-15-7-3-13(4-8-15)10-17-19(26)24-21(29)31-17/h1-8,16-17H,9-11,22H2,(H,23,25)(H,27,28)(H,24,26,29);1-8,10,16H,9,11,22H2,(H,23,25)(H,27,28)(H,24,26,29). The van der Waals surface area contributed by atoms with Gasteiger partial charge in [-0.05, 0) is 95.0 Å². The van der Waals surface area contributed by atoms with Gasteiger partial charge in [-0.3, -0.25) is 39.4 Å². The van der Waals surface area contributed by atoms with E-state index in [1.165, 1.54) is 0 Å². The number of rotatable bonds is 17. The number of imide groups is 2. The van der Waals surface area contributed by atoms with Crippen molar-refractivity contribution in [1.82, 2.24) is 21.3 Å². The van der Waals surface area contributed by atoms with E-state index in [4.69, 9.17) is 20.9 Å². The van der Waals surface area contributed by atoms with Gasteiger partial charge in [-0.25, -0.2) is 9.59 Å². The van der Waals surface area contributed by atoms with Crippen molar-refractivity contribution in [3.8, 4) is 23.0 Å². The number of hydrogen-bond donors (Lipinski definition) is 8. The van der Waals surface area contributed by atoms with Crippen LogP contribution in [0.15, 0.2) is 102 Å². The molecule has 0 radical (unpaired) electrons. The molecule has 0 spiro atoms. The highest BCUT2D eigenvalue weighted by Crippen LogP contribution is 2.29. The Labute approximate surface area is 362 Å². The molecule has 0 aliphatic carbocycles. The lowest BCUT2D eigenvalue weighted by atomic mass is 10.1. The average Bonchev–Trinajstić information content (AvgIpc) is 3.75. The molecule has 4 aromatic carbocycles. The maximum atomic E-state index is 11.7. The Hall–Kier alpha value is -7.00. The first-order chi connectivity index (χ1) is 29.7. The van der Waals surface area contributed by atoms with E-state index in [-0.39, 0.29) is 37.1 Å². The Bertz CT molecular complexity index is 2340. The lowest BCUT2D eigenvalue weighted by Crippen LogP contribution is -2.44. The van der Waals surface area contributed by atoms with E-state index < -0.39 is 52.2 Å². The monoisotopic (exact) mass is 884 g/mol. The largest absolute Gasteiger partial charge is 0.480 e. The van der Waals surface area contributed by atoms with Gasteiger partial charge in [0.1, 0.15) is 35.1 Å². The van der Waals surface area contributed by atoms with Gasteiger partial charge >= 0.3 is 11.9 Å². The number of amides is 6. The van der Waals surface area contributed by atoms with Crippen LogP contribution in [0.5, 0.6) is 23.0 Å². The van der Waals surface area contributed by atoms with Gasteiger partial charge in [0.05, 0.1) is 23.2 Å². The number of hydrogen-bond acceptors (Lipinski definition) is 14. The molecule has 6 rings (SSSR count). The predicted octanol–water partition coefficient (Wildman–Crippen LogP) is 3.32. The number of nitrogens with one attached hydrogen (secondary N) is 4. The summed E-state index contributed by atoms with van der Waals surface area (Å²) in [6, 6.07) is 25.7. The quantitative estimate of drug-likeness (QED) is 0.0706. The second kappa shape index (κ2) is 22.0. The third kappa shape index (κ3) is 14.0. The first kappa shape index (κ1) is 46.1. The highest BCUT2D eigenvalue weighted by molar-refractivity contribution is 8.18. The smallest absolute Gasteiger partial charge is 0.326 e. The molecular formula is C42H40N6O12S2. The maximum Gasteiger partial charge on any atom is 0.326 e. The Morgan fingerprint density at radius 1 is 0.629 bits per heavy atom. The zero-order valence-electron chi connectivity index (χ0n) is 32.5. The second-order valence-electron chi connectivity index (χ2n) is 13.4. The van der Waals surface area contributed by atoms with Gasteiger partial charge in [0.25, 0.3) is 16.4 Å². The van der Waals surface area contributed by atoms with Crippen LogP contribution in [0.1, 0.15) is 22.3 Å². The van der Waals surface area contributed by atoms with Crippen LogP contribution in [0, 0.1) is 0 Å². The molecule has 20 heteroatoms. The van der Waals surface area contributed by atoms with Gasteiger partial charge in [-0.15, -0.1) is 0 Å². The highest BCUT2D eigenvalue weighted by Gasteiger charge is 2.31. The van der Waals surface area contributed by atoms with Crippen molar-refractivity contribution < 1.29 is 58.0 Å². The molecule has 3 unspecified atom stereocenters. The predicted molar refractivity (Wildman–Crippen MR) is 228 cm³/mol. The van der Waals surface area contributed by atoms with Crippen LogP contribution >= 0.6 is 23.5 Å². The normalized spacial score (nSPS) is 16.0. The number of thioether (sulfide) groups is 2. The van der Waals surface area contributed by atoms with Crippen LogP contribution < -0.4 is 42.2 Å². The Balaban J connectivity index is 0.000000234. The summed E-state index contributed by atoms with van der Waals surface area (Å²) in [6.07, 6.45) is 2.29. The minimum absolute atomic E-state index is 0.110. The van der Waals surface area contributed by atoms with Gasteiger partial charge in [0, 0.05) is 12.8 Å². The van der Waals surface area contributed by atoms with Crippen molar-refractivity contribution >= 4 is 75.6 Å². The third-order valence-electron chi connectivity index (χ3n) is 8.77.